The molecule has 8 heavy (non-hydrogen) atoms. The number of nitriles is 1. The Hall–Kier alpha value is -0.590. The zero-order chi connectivity index (χ0) is 6.57. The van der Waals surface area contributed by atoms with E-state index in [1.807, 2.05) is 25.4 Å². The number of rotatable bonds is 2. The Bertz CT molecular complexity index is 95.1. The van der Waals surface area contributed by atoms with Gasteiger partial charge in [0.1, 0.15) is 6.04 Å². The lowest BCUT2D eigenvalue weighted by molar-refractivity contribution is 0.128. The van der Waals surface area contributed by atoms with Crippen LogP contribution in [0.1, 0.15) is 13.8 Å². The monoisotopic (exact) mass is 114 g/mol. The SMILES string of the molecule is CC(C)C(C#N)NO. The summed E-state index contributed by atoms with van der Waals surface area (Å²) in [6.07, 6.45) is 0. The van der Waals surface area contributed by atoms with Crippen LogP contribution < -0.4 is 5.48 Å². The predicted octanol–water partition coefficient (Wildman–Crippen LogP) is 0.513. The molecule has 0 aromatic carbocycles. The van der Waals surface area contributed by atoms with Gasteiger partial charge in [0, 0.05) is 0 Å². The van der Waals surface area contributed by atoms with Gasteiger partial charge in [-0.2, -0.15) is 10.7 Å². The fourth-order valence-corrected chi connectivity index (χ4v) is 0.327. The molecular weight excluding hydrogens is 104 g/mol. The van der Waals surface area contributed by atoms with Crippen molar-refractivity contribution >= 4 is 0 Å². The van der Waals surface area contributed by atoms with Crippen molar-refractivity contribution in [2.75, 3.05) is 0 Å². The number of nitrogens with one attached hydrogen (secondary N) is 1. The van der Waals surface area contributed by atoms with Crippen molar-refractivity contribution < 1.29 is 5.21 Å². The van der Waals surface area contributed by atoms with Crippen LogP contribution in [-0.4, -0.2) is 11.2 Å². The molecule has 0 radical (unpaired) electrons. The fourth-order valence-electron chi connectivity index (χ4n) is 0.327. The van der Waals surface area contributed by atoms with Gasteiger partial charge in [0.25, 0.3) is 0 Å². The van der Waals surface area contributed by atoms with Gasteiger partial charge < -0.3 is 5.21 Å². The van der Waals surface area contributed by atoms with Crippen LogP contribution in [0.4, 0.5) is 0 Å². The molecular formula is C5H10N2O. The minimum absolute atomic E-state index is 0.157. The molecule has 0 amide bonds. The van der Waals surface area contributed by atoms with E-state index in [1.54, 1.807) is 0 Å². The van der Waals surface area contributed by atoms with Crippen LogP contribution in [0.3, 0.4) is 0 Å². The van der Waals surface area contributed by atoms with Gasteiger partial charge in [0.05, 0.1) is 6.07 Å². The summed E-state index contributed by atoms with van der Waals surface area (Å²) >= 11 is 0. The number of hydrogen-bond acceptors (Lipinski definition) is 3. The first-order valence-electron chi connectivity index (χ1n) is 2.51. The standard InChI is InChI=1S/C5H10N2O/c1-4(2)5(3-6)7-8/h4-5,7-8H,1-2H3. The Kier molecular flexibility index (Phi) is 3.16. The van der Waals surface area contributed by atoms with Crippen molar-refractivity contribution in [3.05, 3.63) is 0 Å². The molecule has 0 aromatic rings. The lowest BCUT2D eigenvalue weighted by atomic mass is 10.1. The van der Waals surface area contributed by atoms with Crippen LogP contribution in [0.25, 0.3) is 0 Å². The second-order valence-corrected chi connectivity index (χ2v) is 1.98. The van der Waals surface area contributed by atoms with E-state index in [4.69, 9.17) is 10.5 Å². The van der Waals surface area contributed by atoms with Crippen molar-refractivity contribution in [2.45, 2.75) is 19.9 Å². The Labute approximate surface area is 48.9 Å². The second-order valence-electron chi connectivity index (χ2n) is 1.98. The van der Waals surface area contributed by atoms with Crippen molar-refractivity contribution in [1.29, 1.82) is 5.26 Å². The second kappa shape index (κ2) is 3.42. The topological polar surface area (TPSA) is 56.0 Å². The zero-order valence-corrected chi connectivity index (χ0v) is 5.05. The molecule has 0 spiro atoms. The zero-order valence-electron chi connectivity index (χ0n) is 5.05. The highest BCUT2D eigenvalue weighted by atomic mass is 16.5. The Morgan fingerprint density at radius 1 is 1.62 bits per heavy atom. The van der Waals surface area contributed by atoms with E-state index < -0.39 is 6.04 Å². The predicted molar refractivity (Wildman–Crippen MR) is 29.2 cm³/mol. The summed E-state index contributed by atoms with van der Waals surface area (Å²) < 4.78 is 0. The Morgan fingerprint density at radius 2 is 2.12 bits per heavy atom. The van der Waals surface area contributed by atoms with Crippen LogP contribution in [-0.2, 0) is 0 Å². The van der Waals surface area contributed by atoms with Crippen LogP contribution >= 0.6 is 0 Å². The highest BCUT2D eigenvalue weighted by molar-refractivity contribution is 4.89. The van der Waals surface area contributed by atoms with E-state index in [-0.39, 0.29) is 5.92 Å². The van der Waals surface area contributed by atoms with Gasteiger partial charge in [-0.3, -0.25) is 0 Å². The van der Waals surface area contributed by atoms with Crippen molar-refractivity contribution in [3.63, 3.8) is 0 Å². The van der Waals surface area contributed by atoms with Gasteiger partial charge in [-0.1, -0.05) is 13.8 Å². The van der Waals surface area contributed by atoms with E-state index in [0.717, 1.165) is 0 Å². The van der Waals surface area contributed by atoms with Gasteiger partial charge >= 0.3 is 0 Å². The molecule has 0 rings (SSSR count). The highest BCUT2D eigenvalue weighted by Crippen LogP contribution is 1.97. The number of hydrogen-bond donors (Lipinski definition) is 2. The first-order chi connectivity index (χ1) is 3.72. The van der Waals surface area contributed by atoms with Crippen LogP contribution in [0.5, 0.6) is 0 Å². The van der Waals surface area contributed by atoms with Gasteiger partial charge in [0.2, 0.25) is 0 Å². The fraction of sp³-hybridized carbons (Fsp3) is 0.800. The van der Waals surface area contributed by atoms with Gasteiger partial charge in [-0.05, 0) is 5.92 Å². The molecule has 46 valence electrons. The van der Waals surface area contributed by atoms with Crippen LogP contribution in [0.15, 0.2) is 0 Å². The molecule has 1 atom stereocenters. The molecule has 0 aliphatic carbocycles. The molecule has 0 fully saturated rings. The molecule has 0 aliphatic heterocycles. The summed E-state index contributed by atoms with van der Waals surface area (Å²) in [6.45, 7) is 3.72. The summed E-state index contributed by atoms with van der Waals surface area (Å²) in [5, 5.41) is 16.4. The highest BCUT2D eigenvalue weighted by Gasteiger charge is 2.08. The molecule has 0 aliphatic rings. The Morgan fingerprint density at radius 3 is 2.12 bits per heavy atom. The molecule has 0 aromatic heterocycles. The summed E-state index contributed by atoms with van der Waals surface area (Å²) in [7, 11) is 0. The molecule has 0 bridgehead atoms. The Balaban J connectivity index is 3.57. The summed E-state index contributed by atoms with van der Waals surface area (Å²) in [5.41, 5.74) is 1.89. The van der Waals surface area contributed by atoms with Crippen molar-refractivity contribution in [2.24, 2.45) is 5.92 Å². The van der Waals surface area contributed by atoms with Crippen molar-refractivity contribution in [1.82, 2.24) is 5.48 Å². The largest absolute Gasteiger partial charge is 0.316 e. The summed E-state index contributed by atoms with van der Waals surface area (Å²) in [5.74, 6) is 0.157. The van der Waals surface area contributed by atoms with Crippen LogP contribution in [0, 0.1) is 17.2 Å². The van der Waals surface area contributed by atoms with E-state index in [9.17, 15) is 0 Å². The number of hydroxylamine groups is 1. The smallest absolute Gasteiger partial charge is 0.121 e. The quantitative estimate of drug-likeness (QED) is 0.514. The van der Waals surface area contributed by atoms with E-state index in [2.05, 4.69) is 0 Å². The summed E-state index contributed by atoms with van der Waals surface area (Å²) in [6, 6.07) is 1.45. The third-order valence-electron chi connectivity index (χ3n) is 0.945. The first-order valence-corrected chi connectivity index (χ1v) is 2.51. The molecule has 3 heteroatoms. The lowest BCUT2D eigenvalue weighted by Crippen LogP contribution is -2.28. The van der Waals surface area contributed by atoms with E-state index in [0.29, 0.717) is 0 Å². The molecule has 0 saturated heterocycles. The van der Waals surface area contributed by atoms with E-state index in [1.165, 1.54) is 0 Å². The molecule has 1 unspecified atom stereocenters. The molecule has 0 heterocycles. The third-order valence-corrected chi connectivity index (χ3v) is 0.945. The van der Waals surface area contributed by atoms with Gasteiger partial charge in [0.15, 0.2) is 0 Å². The minimum Gasteiger partial charge on any atom is -0.316 e. The van der Waals surface area contributed by atoms with Crippen molar-refractivity contribution in [3.8, 4) is 6.07 Å². The van der Waals surface area contributed by atoms with E-state index >= 15 is 0 Å². The maximum atomic E-state index is 8.22. The maximum Gasteiger partial charge on any atom is 0.121 e. The molecule has 2 N–H and O–H groups in total. The normalized spacial score (nSPS) is 13.4. The first kappa shape index (κ1) is 7.41. The van der Waals surface area contributed by atoms with Gasteiger partial charge in [-0.15, -0.1) is 0 Å². The lowest BCUT2D eigenvalue weighted by Gasteiger charge is -2.08. The average molecular weight is 114 g/mol. The molecule has 3 nitrogen and oxygen atoms in total. The minimum atomic E-state index is -0.435. The summed E-state index contributed by atoms with van der Waals surface area (Å²) in [4.78, 5) is 0. The maximum absolute atomic E-state index is 8.22. The van der Waals surface area contributed by atoms with Crippen LogP contribution in [0.2, 0.25) is 0 Å². The number of nitrogens with zero attached hydrogens (tertiary/aromatic N) is 1. The average Bonchev–Trinajstić information content (AvgIpc) is 1.69. The third kappa shape index (κ3) is 1.92. The molecule has 0 saturated carbocycles. The van der Waals surface area contributed by atoms with Gasteiger partial charge in [-0.25, -0.2) is 0 Å².